The maximum atomic E-state index is 4.76. The number of hydrogen-bond donors (Lipinski definition) is 0. The lowest BCUT2D eigenvalue weighted by Crippen LogP contribution is -2.08. The highest BCUT2D eigenvalue weighted by molar-refractivity contribution is 7.99. The minimum absolute atomic E-state index is 0.655. The van der Waals surface area contributed by atoms with Crippen LogP contribution in [0.2, 0.25) is 0 Å². The molecule has 3 heteroatoms. The Morgan fingerprint density at radius 2 is 2.07 bits per heavy atom. The van der Waals surface area contributed by atoms with Gasteiger partial charge >= 0.3 is 0 Å². The largest absolute Gasteiger partial charge is 0.240 e. The molecule has 0 unspecified atom stereocenters. The first kappa shape index (κ1) is 9.64. The van der Waals surface area contributed by atoms with Gasteiger partial charge in [-0.3, -0.25) is 0 Å². The monoisotopic (exact) mass is 220 g/mol. The van der Waals surface area contributed by atoms with Crippen LogP contribution in [0.15, 0.2) is 11.1 Å². The van der Waals surface area contributed by atoms with Crippen LogP contribution < -0.4 is 0 Å². The van der Waals surface area contributed by atoms with Crippen molar-refractivity contribution >= 4 is 11.8 Å². The first-order valence-corrected chi connectivity index (χ1v) is 6.90. The maximum absolute atomic E-state index is 4.76. The molecular formula is C12H16N2S. The van der Waals surface area contributed by atoms with Crippen molar-refractivity contribution in [1.29, 1.82) is 0 Å². The minimum atomic E-state index is 0.655. The second-order valence-electron chi connectivity index (χ2n) is 4.47. The zero-order valence-corrected chi connectivity index (χ0v) is 9.72. The fourth-order valence-corrected chi connectivity index (χ4v) is 3.47. The normalized spacial score (nSPS) is 21.6. The predicted molar refractivity (Wildman–Crippen MR) is 62.3 cm³/mol. The van der Waals surface area contributed by atoms with Crippen LogP contribution in [-0.2, 0) is 6.42 Å². The summed E-state index contributed by atoms with van der Waals surface area (Å²) in [5.74, 6) is 3.01. The van der Waals surface area contributed by atoms with Gasteiger partial charge in [-0.05, 0) is 31.4 Å². The molecule has 0 spiro atoms. The topological polar surface area (TPSA) is 25.8 Å². The fourth-order valence-electron chi connectivity index (χ4n) is 2.52. The molecule has 2 aliphatic rings. The summed E-state index contributed by atoms with van der Waals surface area (Å²) in [5, 5.41) is 0. The summed E-state index contributed by atoms with van der Waals surface area (Å²) in [4.78, 5) is 10.6. The van der Waals surface area contributed by atoms with Gasteiger partial charge in [-0.1, -0.05) is 12.8 Å². The predicted octanol–water partition coefficient (Wildman–Crippen LogP) is 3.17. The molecule has 0 saturated heterocycles. The van der Waals surface area contributed by atoms with Gasteiger partial charge in [-0.15, -0.1) is 11.8 Å². The Kier molecular flexibility index (Phi) is 2.65. The third-order valence-corrected chi connectivity index (χ3v) is 4.53. The summed E-state index contributed by atoms with van der Waals surface area (Å²) in [5.41, 5.74) is 1.31. The van der Waals surface area contributed by atoms with E-state index in [0.717, 1.165) is 12.2 Å². The molecule has 3 rings (SSSR count). The average molecular weight is 220 g/mol. The number of nitrogens with zero attached hydrogens (tertiary/aromatic N) is 2. The number of thioether (sulfide) groups is 1. The van der Waals surface area contributed by atoms with Crippen LogP contribution >= 0.6 is 11.8 Å². The Hall–Kier alpha value is -0.570. The Bertz CT molecular complexity index is 359. The van der Waals surface area contributed by atoms with Crippen LogP contribution in [0.1, 0.15) is 49.5 Å². The molecule has 0 atom stereocenters. The van der Waals surface area contributed by atoms with Gasteiger partial charge in [0, 0.05) is 17.0 Å². The summed E-state index contributed by atoms with van der Waals surface area (Å²) in [6.45, 7) is 0. The van der Waals surface area contributed by atoms with Crippen LogP contribution in [0, 0.1) is 0 Å². The second kappa shape index (κ2) is 4.12. The zero-order valence-electron chi connectivity index (χ0n) is 8.91. The van der Waals surface area contributed by atoms with Gasteiger partial charge in [0.2, 0.25) is 0 Å². The molecule has 80 valence electrons. The second-order valence-corrected chi connectivity index (χ2v) is 5.61. The van der Waals surface area contributed by atoms with Gasteiger partial charge in [0.25, 0.3) is 0 Å². The third kappa shape index (κ3) is 1.89. The van der Waals surface area contributed by atoms with E-state index in [4.69, 9.17) is 4.98 Å². The first-order valence-electron chi connectivity index (χ1n) is 5.92. The Morgan fingerprint density at radius 1 is 1.20 bits per heavy atom. The molecule has 0 aromatic carbocycles. The molecule has 1 aromatic heterocycles. The quantitative estimate of drug-likeness (QED) is 0.727. The van der Waals surface area contributed by atoms with Crippen LogP contribution in [-0.4, -0.2) is 15.7 Å². The summed E-state index contributed by atoms with van der Waals surface area (Å²) in [6.07, 6.45) is 9.81. The standard InChI is InChI=1S/C12H16N2S/c1-2-5-9(4-1)12-13-8-11-10(14-12)6-3-7-15-11/h8-9H,1-7H2. The molecule has 1 aromatic rings. The number of hydrogen-bond acceptors (Lipinski definition) is 3. The Labute approximate surface area is 94.9 Å². The summed E-state index contributed by atoms with van der Waals surface area (Å²) in [6, 6.07) is 0. The lowest BCUT2D eigenvalue weighted by atomic mass is 10.1. The van der Waals surface area contributed by atoms with Crippen molar-refractivity contribution < 1.29 is 0 Å². The highest BCUT2D eigenvalue weighted by Crippen LogP contribution is 2.34. The van der Waals surface area contributed by atoms with E-state index in [0.29, 0.717) is 5.92 Å². The van der Waals surface area contributed by atoms with Crippen molar-refractivity contribution in [3.05, 3.63) is 17.7 Å². The first-order chi connectivity index (χ1) is 7.43. The van der Waals surface area contributed by atoms with Crippen LogP contribution in [0.3, 0.4) is 0 Å². The molecule has 2 nitrogen and oxygen atoms in total. The SMILES string of the molecule is c1nc(C2CCCC2)nc2c1SCCC2. The van der Waals surface area contributed by atoms with Gasteiger partial charge in [-0.2, -0.15) is 0 Å². The van der Waals surface area contributed by atoms with E-state index in [-0.39, 0.29) is 0 Å². The molecule has 0 N–H and O–H groups in total. The lowest BCUT2D eigenvalue weighted by Gasteiger charge is -2.16. The molecular weight excluding hydrogens is 204 g/mol. The molecule has 1 saturated carbocycles. The summed E-state index contributed by atoms with van der Waals surface area (Å²) in [7, 11) is 0. The Morgan fingerprint density at radius 3 is 2.93 bits per heavy atom. The van der Waals surface area contributed by atoms with E-state index in [9.17, 15) is 0 Å². The lowest BCUT2D eigenvalue weighted by molar-refractivity contribution is 0.649. The summed E-state index contributed by atoms with van der Waals surface area (Å²) >= 11 is 1.91. The number of rotatable bonds is 1. The van der Waals surface area contributed by atoms with E-state index < -0.39 is 0 Å². The molecule has 2 heterocycles. The molecule has 0 amide bonds. The number of aryl methyl sites for hydroxylation is 1. The molecule has 1 fully saturated rings. The number of fused-ring (bicyclic) bond motifs is 1. The van der Waals surface area contributed by atoms with E-state index in [1.165, 1.54) is 48.4 Å². The van der Waals surface area contributed by atoms with Crippen molar-refractivity contribution in [2.24, 2.45) is 0 Å². The van der Waals surface area contributed by atoms with E-state index in [1.807, 2.05) is 11.8 Å². The maximum Gasteiger partial charge on any atom is 0.131 e. The smallest absolute Gasteiger partial charge is 0.131 e. The zero-order chi connectivity index (χ0) is 10.1. The minimum Gasteiger partial charge on any atom is -0.240 e. The van der Waals surface area contributed by atoms with Gasteiger partial charge in [0.15, 0.2) is 0 Å². The number of aromatic nitrogens is 2. The molecule has 1 aliphatic carbocycles. The van der Waals surface area contributed by atoms with Gasteiger partial charge in [0.05, 0.1) is 5.69 Å². The summed E-state index contributed by atoms with van der Waals surface area (Å²) < 4.78 is 0. The highest BCUT2D eigenvalue weighted by Gasteiger charge is 2.21. The van der Waals surface area contributed by atoms with Crippen molar-refractivity contribution in [3.63, 3.8) is 0 Å². The van der Waals surface area contributed by atoms with E-state index in [2.05, 4.69) is 11.2 Å². The van der Waals surface area contributed by atoms with Crippen LogP contribution in [0.25, 0.3) is 0 Å². The van der Waals surface area contributed by atoms with Gasteiger partial charge in [0.1, 0.15) is 5.82 Å². The average Bonchev–Trinajstić information content (AvgIpc) is 2.82. The molecule has 1 aliphatic heterocycles. The van der Waals surface area contributed by atoms with Crippen LogP contribution in [0.4, 0.5) is 0 Å². The third-order valence-electron chi connectivity index (χ3n) is 3.38. The van der Waals surface area contributed by atoms with Crippen LogP contribution in [0.5, 0.6) is 0 Å². The molecule has 0 radical (unpaired) electrons. The van der Waals surface area contributed by atoms with E-state index >= 15 is 0 Å². The van der Waals surface area contributed by atoms with Crippen molar-refractivity contribution in [1.82, 2.24) is 9.97 Å². The van der Waals surface area contributed by atoms with Crippen molar-refractivity contribution in [3.8, 4) is 0 Å². The van der Waals surface area contributed by atoms with Crippen molar-refractivity contribution in [2.75, 3.05) is 5.75 Å². The highest BCUT2D eigenvalue weighted by atomic mass is 32.2. The fraction of sp³-hybridized carbons (Fsp3) is 0.667. The van der Waals surface area contributed by atoms with Gasteiger partial charge in [-0.25, -0.2) is 9.97 Å². The van der Waals surface area contributed by atoms with Gasteiger partial charge < -0.3 is 0 Å². The Balaban J connectivity index is 1.89. The van der Waals surface area contributed by atoms with E-state index in [1.54, 1.807) is 0 Å². The molecule has 0 bridgehead atoms. The van der Waals surface area contributed by atoms with Crippen molar-refractivity contribution in [2.45, 2.75) is 49.3 Å². The molecule has 15 heavy (non-hydrogen) atoms.